The molecule has 0 radical (unpaired) electrons. The van der Waals surface area contributed by atoms with Crippen LogP contribution in [0.5, 0.6) is 0 Å². The Morgan fingerprint density at radius 1 is 1.39 bits per heavy atom. The van der Waals surface area contributed by atoms with Gasteiger partial charge in [0.25, 0.3) is 5.56 Å². The number of hydrogen-bond donors (Lipinski definition) is 3. The second kappa shape index (κ2) is 10.1. The summed E-state index contributed by atoms with van der Waals surface area (Å²) in [5.41, 5.74) is -1.97. The predicted octanol–water partition coefficient (Wildman–Crippen LogP) is 0.501. The van der Waals surface area contributed by atoms with E-state index in [9.17, 15) is 29.2 Å². The molecular weight excluding hydrogens is 449 g/mol. The van der Waals surface area contributed by atoms with Crippen LogP contribution < -0.4 is 11.2 Å². The first-order chi connectivity index (χ1) is 14.3. The molecule has 0 amide bonds. The highest BCUT2D eigenvalue weighted by Crippen LogP contribution is 2.53. The number of rotatable bonds is 9. The summed E-state index contributed by atoms with van der Waals surface area (Å²) >= 11 is 1.04. The van der Waals surface area contributed by atoms with Gasteiger partial charge in [0, 0.05) is 29.9 Å². The molecular formula is C18H30N3O8PS. The molecule has 0 aliphatic heterocycles. The van der Waals surface area contributed by atoms with Gasteiger partial charge in [0.05, 0.1) is 25.4 Å². The maximum atomic E-state index is 13.1. The van der Waals surface area contributed by atoms with Crippen LogP contribution in [0.3, 0.4) is 0 Å². The van der Waals surface area contributed by atoms with Crippen molar-refractivity contribution in [2.75, 3.05) is 33.1 Å². The molecule has 1 saturated carbocycles. The van der Waals surface area contributed by atoms with Crippen molar-refractivity contribution < 1.29 is 28.6 Å². The van der Waals surface area contributed by atoms with Crippen LogP contribution in [0, 0.1) is 12.3 Å². The number of nitrogens with one attached hydrogen (secondary N) is 1. The van der Waals surface area contributed by atoms with E-state index in [1.165, 1.54) is 43.4 Å². The molecule has 176 valence electrons. The minimum atomic E-state index is -3.71. The number of aryl methyl sites for hydroxylation is 1. The second-order valence-corrected chi connectivity index (χ2v) is 11.6. The minimum Gasteiger partial charge on any atom is -0.390 e. The largest absolute Gasteiger partial charge is 0.407 e. The Hall–Kier alpha value is -1.27. The van der Waals surface area contributed by atoms with Gasteiger partial charge in [-0.1, -0.05) is 18.7 Å². The Morgan fingerprint density at radius 3 is 2.61 bits per heavy atom. The van der Waals surface area contributed by atoms with Crippen LogP contribution in [0.15, 0.2) is 15.8 Å². The quantitative estimate of drug-likeness (QED) is 0.337. The zero-order valence-electron chi connectivity index (χ0n) is 18.2. The molecule has 2 rings (SSSR count). The lowest BCUT2D eigenvalue weighted by molar-refractivity contribution is -0.109. The number of nitrogens with zero attached hydrogens (tertiary/aromatic N) is 2. The topological polar surface area (TPSA) is 151 Å². The van der Waals surface area contributed by atoms with Crippen molar-refractivity contribution in [1.29, 1.82) is 0 Å². The molecule has 1 aromatic heterocycles. The zero-order chi connectivity index (χ0) is 23.6. The summed E-state index contributed by atoms with van der Waals surface area (Å²) in [5.74, 6) is 0.311. The first kappa shape index (κ1) is 26.0. The summed E-state index contributed by atoms with van der Waals surface area (Å²) in [7, 11) is -0.667. The van der Waals surface area contributed by atoms with E-state index >= 15 is 0 Å². The smallest absolute Gasteiger partial charge is 0.390 e. The molecule has 31 heavy (non-hydrogen) atoms. The van der Waals surface area contributed by atoms with E-state index in [2.05, 4.69) is 4.98 Å². The SMILES string of the molecule is CC(=O)SCCOP(=O)(OC[C@@]1(C)C[C@@H](n2cc(C)c(=O)[nH]c2=O)C(O)[C@H]1O)N(C)C. The van der Waals surface area contributed by atoms with Crippen molar-refractivity contribution in [3.8, 4) is 0 Å². The number of H-pyrrole nitrogens is 1. The number of aromatic nitrogens is 2. The molecule has 0 bridgehead atoms. The fraction of sp³-hybridized carbons (Fsp3) is 0.722. The minimum absolute atomic E-state index is 0.0241. The molecule has 2 unspecified atom stereocenters. The Labute approximate surface area is 184 Å². The molecule has 0 saturated heterocycles. The van der Waals surface area contributed by atoms with Gasteiger partial charge in [0.1, 0.15) is 6.10 Å². The molecule has 13 heteroatoms. The van der Waals surface area contributed by atoms with Crippen molar-refractivity contribution in [3.05, 3.63) is 32.6 Å². The first-order valence-electron chi connectivity index (χ1n) is 9.69. The standard InChI is InChI=1S/C18H30N3O8PS/c1-11-9-21(17(26)19-16(11)25)13-8-18(3,15(24)14(13)23)10-29-30(27,20(4)5)28-6-7-31-12(2)22/h9,13-15,23-24H,6-8,10H2,1-5H3,(H,19,25,26)/t13-,14?,15-,18-,30?/m1/s1. The summed E-state index contributed by atoms with van der Waals surface area (Å²) in [6, 6.07) is -0.807. The molecule has 3 N–H and O–H groups in total. The van der Waals surface area contributed by atoms with Crippen LogP contribution in [0.2, 0.25) is 0 Å². The van der Waals surface area contributed by atoms with E-state index in [0.29, 0.717) is 11.3 Å². The highest BCUT2D eigenvalue weighted by Gasteiger charge is 2.52. The van der Waals surface area contributed by atoms with Gasteiger partial charge in [-0.05, 0) is 27.4 Å². The summed E-state index contributed by atoms with van der Waals surface area (Å²) in [4.78, 5) is 37.1. The molecule has 0 spiro atoms. The lowest BCUT2D eigenvalue weighted by atomic mass is 9.87. The summed E-state index contributed by atoms with van der Waals surface area (Å²) in [6.07, 6.45) is -1.10. The fourth-order valence-electron chi connectivity index (χ4n) is 3.42. The Bertz CT molecular complexity index is 964. The van der Waals surface area contributed by atoms with Crippen LogP contribution in [0.4, 0.5) is 0 Å². The van der Waals surface area contributed by atoms with Gasteiger partial charge in [-0.3, -0.25) is 28.2 Å². The number of aliphatic hydroxyl groups excluding tert-OH is 2. The molecule has 11 nitrogen and oxygen atoms in total. The average molecular weight is 479 g/mol. The third-order valence-electron chi connectivity index (χ3n) is 5.30. The van der Waals surface area contributed by atoms with E-state index in [4.69, 9.17) is 9.05 Å². The molecule has 1 heterocycles. The zero-order valence-corrected chi connectivity index (χ0v) is 19.9. The van der Waals surface area contributed by atoms with Gasteiger partial charge in [-0.15, -0.1) is 0 Å². The maximum absolute atomic E-state index is 13.1. The van der Waals surface area contributed by atoms with Gasteiger partial charge in [0.2, 0.25) is 0 Å². The van der Waals surface area contributed by atoms with Gasteiger partial charge in [-0.25, -0.2) is 14.0 Å². The van der Waals surface area contributed by atoms with Gasteiger partial charge < -0.3 is 10.2 Å². The number of thioether (sulfide) groups is 1. The number of aliphatic hydroxyl groups is 2. The van der Waals surface area contributed by atoms with Crippen molar-refractivity contribution in [1.82, 2.24) is 14.2 Å². The summed E-state index contributed by atoms with van der Waals surface area (Å²) < 4.78 is 26.6. The van der Waals surface area contributed by atoms with Crippen molar-refractivity contribution >= 4 is 24.6 Å². The average Bonchev–Trinajstić information content (AvgIpc) is 2.91. The lowest BCUT2D eigenvalue weighted by Gasteiger charge is -2.31. The fourth-order valence-corrected chi connectivity index (χ4v) is 5.31. The van der Waals surface area contributed by atoms with E-state index in [-0.39, 0.29) is 24.7 Å². The molecule has 1 aromatic rings. The third kappa shape index (κ3) is 5.95. The van der Waals surface area contributed by atoms with Crippen molar-refractivity contribution in [2.45, 2.75) is 45.4 Å². The summed E-state index contributed by atoms with van der Waals surface area (Å²) in [5, 5.41) is 21.2. The van der Waals surface area contributed by atoms with Crippen LogP contribution >= 0.6 is 19.5 Å². The monoisotopic (exact) mass is 479 g/mol. The van der Waals surface area contributed by atoms with E-state index < -0.39 is 42.7 Å². The second-order valence-electron chi connectivity index (χ2n) is 8.10. The van der Waals surface area contributed by atoms with Crippen LogP contribution in [0.1, 0.15) is 31.9 Å². The van der Waals surface area contributed by atoms with Crippen molar-refractivity contribution in [2.24, 2.45) is 5.41 Å². The molecule has 1 aliphatic rings. The maximum Gasteiger partial charge on any atom is 0.407 e. The first-order valence-corrected chi connectivity index (χ1v) is 12.2. The molecule has 0 aromatic carbocycles. The van der Waals surface area contributed by atoms with Gasteiger partial charge in [0.15, 0.2) is 5.12 Å². The van der Waals surface area contributed by atoms with Crippen LogP contribution in [-0.2, 0) is 18.4 Å². The number of hydrogen-bond acceptors (Lipinski definition) is 9. The van der Waals surface area contributed by atoms with Gasteiger partial charge in [-0.2, -0.15) is 0 Å². The normalized spacial score (nSPS) is 28.1. The lowest BCUT2D eigenvalue weighted by Crippen LogP contribution is -2.39. The molecule has 5 atom stereocenters. The van der Waals surface area contributed by atoms with Crippen LogP contribution in [0.25, 0.3) is 0 Å². The van der Waals surface area contributed by atoms with Crippen LogP contribution in [-0.4, -0.2) is 74.8 Å². The van der Waals surface area contributed by atoms with Crippen molar-refractivity contribution in [3.63, 3.8) is 0 Å². The third-order valence-corrected chi connectivity index (χ3v) is 8.02. The number of aromatic amines is 1. The molecule has 1 fully saturated rings. The summed E-state index contributed by atoms with van der Waals surface area (Å²) in [6.45, 7) is 4.41. The Balaban J connectivity index is 2.15. The van der Waals surface area contributed by atoms with E-state index in [1.54, 1.807) is 6.92 Å². The van der Waals surface area contributed by atoms with E-state index in [0.717, 1.165) is 11.8 Å². The Kier molecular flexibility index (Phi) is 8.48. The Morgan fingerprint density at radius 2 is 2.03 bits per heavy atom. The number of carbonyl (C=O) groups excluding carboxylic acids is 1. The van der Waals surface area contributed by atoms with E-state index in [1.807, 2.05) is 0 Å². The highest BCUT2D eigenvalue weighted by molar-refractivity contribution is 8.13. The highest BCUT2D eigenvalue weighted by atomic mass is 32.2. The van der Waals surface area contributed by atoms with Gasteiger partial charge >= 0.3 is 13.4 Å². The molecule has 1 aliphatic carbocycles. The predicted molar refractivity (Wildman–Crippen MR) is 116 cm³/mol. The number of carbonyl (C=O) groups is 1.